The molecule has 0 atom stereocenters. The first-order chi connectivity index (χ1) is 13.7. The van der Waals surface area contributed by atoms with Gasteiger partial charge in [0.1, 0.15) is 0 Å². The maximum atomic E-state index is 12.4. The molecule has 10 heteroatoms. The number of thiophene rings is 1. The lowest BCUT2D eigenvalue weighted by molar-refractivity contribution is -0.119. The number of nitrogens with one attached hydrogen (secondary N) is 1. The van der Waals surface area contributed by atoms with Gasteiger partial charge in [-0.1, -0.05) is 42.0 Å². The van der Waals surface area contributed by atoms with Gasteiger partial charge in [0.15, 0.2) is 4.34 Å². The van der Waals surface area contributed by atoms with Crippen molar-refractivity contribution < 1.29 is 9.59 Å². The smallest absolute Gasteiger partial charge is 0.264 e. The Kier molecular flexibility index (Phi) is 6.48. The van der Waals surface area contributed by atoms with Crippen LogP contribution in [0.4, 0.5) is 5.13 Å². The van der Waals surface area contributed by atoms with Crippen molar-refractivity contribution in [3.63, 3.8) is 0 Å². The minimum Gasteiger partial charge on any atom is -0.353 e. The Morgan fingerprint density at radius 1 is 1.18 bits per heavy atom. The SMILES string of the molecule is O=C(CSc1nnc(N2CCN(C(=O)c3cccs3)CC2)s1)NC1CCCC1. The summed E-state index contributed by atoms with van der Waals surface area (Å²) in [6, 6.07) is 4.13. The van der Waals surface area contributed by atoms with Gasteiger partial charge in [0, 0.05) is 32.2 Å². The molecule has 150 valence electrons. The maximum Gasteiger partial charge on any atom is 0.264 e. The zero-order chi connectivity index (χ0) is 19.3. The van der Waals surface area contributed by atoms with Gasteiger partial charge in [0.05, 0.1) is 10.6 Å². The number of hydrogen-bond donors (Lipinski definition) is 1. The van der Waals surface area contributed by atoms with Crippen LogP contribution >= 0.6 is 34.4 Å². The number of carbonyl (C=O) groups is 2. The van der Waals surface area contributed by atoms with Crippen LogP contribution in [0.1, 0.15) is 35.4 Å². The highest BCUT2D eigenvalue weighted by Crippen LogP contribution is 2.29. The third-order valence-electron chi connectivity index (χ3n) is 5.01. The second-order valence-electron chi connectivity index (χ2n) is 6.94. The summed E-state index contributed by atoms with van der Waals surface area (Å²) in [5.74, 6) is 0.569. The third-order valence-corrected chi connectivity index (χ3v) is 7.99. The molecular formula is C18H23N5O2S3. The normalized spacial score (nSPS) is 17.9. The van der Waals surface area contributed by atoms with Crippen LogP contribution in [0.5, 0.6) is 0 Å². The Bertz CT molecular complexity index is 796. The molecule has 0 bridgehead atoms. The molecule has 1 N–H and O–H groups in total. The largest absolute Gasteiger partial charge is 0.353 e. The van der Waals surface area contributed by atoms with E-state index in [9.17, 15) is 9.59 Å². The van der Waals surface area contributed by atoms with E-state index in [1.807, 2.05) is 22.4 Å². The Hall–Kier alpha value is -1.65. The fourth-order valence-corrected chi connectivity index (χ4v) is 5.91. The molecule has 2 aromatic rings. The molecule has 0 radical (unpaired) electrons. The Labute approximate surface area is 176 Å². The van der Waals surface area contributed by atoms with Crippen LogP contribution < -0.4 is 10.2 Å². The molecule has 2 aliphatic rings. The van der Waals surface area contributed by atoms with E-state index in [4.69, 9.17) is 0 Å². The summed E-state index contributed by atoms with van der Waals surface area (Å²) >= 11 is 4.44. The predicted octanol–water partition coefficient (Wildman–Crippen LogP) is 2.71. The van der Waals surface area contributed by atoms with Crippen LogP contribution in [0.3, 0.4) is 0 Å². The number of nitrogens with zero attached hydrogens (tertiary/aromatic N) is 4. The van der Waals surface area contributed by atoms with Crippen molar-refractivity contribution in [2.24, 2.45) is 0 Å². The van der Waals surface area contributed by atoms with Gasteiger partial charge in [0.25, 0.3) is 5.91 Å². The standard InChI is InChI=1S/C18H23N5O2S3/c24-15(19-13-4-1-2-5-13)12-27-18-21-20-17(28-18)23-9-7-22(8-10-23)16(25)14-6-3-11-26-14/h3,6,11,13H,1-2,4-5,7-10,12H2,(H,19,24). The van der Waals surface area contributed by atoms with Gasteiger partial charge in [-0.15, -0.1) is 21.5 Å². The van der Waals surface area contributed by atoms with Crippen LogP contribution in [0.25, 0.3) is 0 Å². The number of carbonyl (C=O) groups excluding carboxylic acids is 2. The molecule has 3 heterocycles. The Morgan fingerprint density at radius 2 is 1.96 bits per heavy atom. The number of hydrogen-bond acceptors (Lipinski definition) is 8. The first-order valence-electron chi connectivity index (χ1n) is 9.52. The van der Waals surface area contributed by atoms with Gasteiger partial charge in [-0.05, 0) is 24.3 Å². The second-order valence-corrected chi connectivity index (χ2v) is 10.1. The van der Waals surface area contributed by atoms with Crippen molar-refractivity contribution in [3.05, 3.63) is 22.4 Å². The van der Waals surface area contributed by atoms with E-state index < -0.39 is 0 Å². The molecule has 1 saturated carbocycles. The lowest BCUT2D eigenvalue weighted by Crippen LogP contribution is -2.48. The highest BCUT2D eigenvalue weighted by molar-refractivity contribution is 8.01. The van der Waals surface area contributed by atoms with Gasteiger partial charge in [-0.25, -0.2) is 0 Å². The van der Waals surface area contributed by atoms with E-state index in [0.29, 0.717) is 24.9 Å². The monoisotopic (exact) mass is 437 g/mol. The maximum absolute atomic E-state index is 12.4. The summed E-state index contributed by atoms with van der Waals surface area (Å²) < 4.78 is 0.814. The molecule has 0 aromatic carbocycles. The predicted molar refractivity (Wildman–Crippen MR) is 113 cm³/mol. The lowest BCUT2D eigenvalue weighted by Gasteiger charge is -2.34. The van der Waals surface area contributed by atoms with E-state index in [1.165, 1.54) is 47.3 Å². The summed E-state index contributed by atoms with van der Waals surface area (Å²) in [6.07, 6.45) is 4.62. The van der Waals surface area contributed by atoms with E-state index >= 15 is 0 Å². The fraction of sp³-hybridized carbons (Fsp3) is 0.556. The highest BCUT2D eigenvalue weighted by atomic mass is 32.2. The van der Waals surface area contributed by atoms with Crippen molar-refractivity contribution in [2.75, 3.05) is 36.8 Å². The van der Waals surface area contributed by atoms with Crippen molar-refractivity contribution >= 4 is 51.4 Å². The van der Waals surface area contributed by atoms with Crippen molar-refractivity contribution in [3.8, 4) is 0 Å². The third kappa shape index (κ3) is 4.84. The zero-order valence-electron chi connectivity index (χ0n) is 15.5. The van der Waals surface area contributed by atoms with E-state index in [2.05, 4.69) is 20.4 Å². The number of piperazine rings is 1. The van der Waals surface area contributed by atoms with Crippen LogP contribution in [-0.2, 0) is 4.79 Å². The molecule has 1 saturated heterocycles. The van der Waals surface area contributed by atoms with Crippen LogP contribution in [0.15, 0.2) is 21.9 Å². The number of aromatic nitrogens is 2. The quantitative estimate of drug-likeness (QED) is 0.700. The van der Waals surface area contributed by atoms with Gasteiger partial charge >= 0.3 is 0 Å². The summed E-state index contributed by atoms with van der Waals surface area (Å²) in [5, 5.41) is 14.4. The van der Waals surface area contributed by atoms with Gasteiger partial charge in [0.2, 0.25) is 11.0 Å². The molecule has 1 aliphatic heterocycles. The zero-order valence-corrected chi connectivity index (χ0v) is 18.0. The second kappa shape index (κ2) is 9.23. The number of amides is 2. The van der Waals surface area contributed by atoms with Crippen molar-refractivity contribution in [2.45, 2.75) is 36.1 Å². The van der Waals surface area contributed by atoms with Crippen LogP contribution in [0, 0.1) is 0 Å². The molecular weight excluding hydrogens is 414 g/mol. The Balaban J connectivity index is 1.23. The summed E-state index contributed by atoms with van der Waals surface area (Å²) in [6.45, 7) is 2.86. The molecule has 2 aromatic heterocycles. The summed E-state index contributed by atoms with van der Waals surface area (Å²) in [7, 11) is 0. The molecule has 0 unspecified atom stereocenters. The van der Waals surface area contributed by atoms with Gasteiger partial charge in [-0.2, -0.15) is 0 Å². The van der Waals surface area contributed by atoms with Crippen LogP contribution in [-0.4, -0.2) is 64.9 Å². The first-order valence-corrected chi connectivity index (χ1v) is 12.2. The molecule has 2 amide bonds. The first kappa shape index (κ1) is 19.7. The van der Waals surface area contributed by atoms with E-state index in [0.717, 1.165) is 40.3 Å². The molecule has 4 rings (SSSR count). The molecule has 2 fully saturated rings. The molecule has 7 nitrogen and oxygen atoms in total. The highest BCUT2D eigenvalue weighted by Gasteiger charge is 2.25. The molecule has 0 spiro atoms. The van der Waals surface area contributed by atoms with E-state index in [-0.39, 0.29) is 11.8 Å². The fourth-order valence-electron chi connectivity index (χ4n) is 3.51. The molecule has 28 heavy (non-hydrogen) atoms. The topological polar surface area (TPSA) is 78.4 Å². The van der Waals surface area contributed by atoms with Crippen molar-refractivity contribution in [1.82, 2.24) is 20.4 Å². The minimum atomic E-state index is 0.0781. The van der Waals surface area contributed by atoms with E-state index in [1.54, 1.807) is 0 Å². The summed E-state index contributed by atoms with van der Waals surface area (Å²) in [4.78, 5) is 29.3. The van der Waals surface area contributed by atoms with Gasteiger partial charge < -0.3 is 15.1 Å². The number of rotatable bonds is 6. The lowest BCUT2D eigenvalue weighted by atomic mass is 10.2. The number of anilines is 1. The van der Waals surface area contributed by atoms with Crippen molar-refractivity contribution in [1.29, 1.82) is 0 Å². The van der Waals surface area contributed by atoms with Crippen LogP contribution in [0.2, 0.25) is 0 Å². The van der Waals surface area contributed by atoms with Gasteiger partial charge in [-0.3, -0.25) is 9.59 Å². The number of thioether (sulfide) groups is 1. The molecule has 1 aliphatic carbocycles. The average molecular weight is 438 g/mol. The Morgan fingerprint density at radius 3 is 2.68 bits per heavy atom. The summed E-state index contributed by atoms with van der Waals surface area (Å²) in [5.41, 5.74) is 0. The average Bonchev–Trinajstić information content (AvgIpc) is 3.48. The minimum absolute atomic E-state index is 0.0781.